The number of piperazine rings is 1. The molecule has 0 aliphatic carbocycles. The monoisotopic (exact) mass is 430 g/mol. The lowest BCUT2D eigenvalue weighted by Crippen LogP contribution is -2.44. The highest BCUT2D eigenvalue weighted by atomic mass is 19.4. The van der Waals surface area contributed by atoms with Crippen molar-refractivity contribution in [2.45, 2.75) is 13.1 Å². The Hall–Kier alpha value is -3.27. The number of carbonyl (C=O) groups is 1. The molecule has 4 rings (SSSR count). The summed E-state index contributed by atoms with van der Waals surface area (Å²) in [7, 11) is 2.05. The first kappa shape index (κ1) is 21.0. The number of nitrogens with zero attached hydrogens (tertiary/aromatic N) is 5. The first-order valence-electron chi connectivity index (χ1n) is 9.76. The third kappa shape index (κ3) is 4.58. The molecule has 0 unspecified atom stereocenters. The Morgan fingerprint density at radius 3 is 2.42 bits per heavy atom. The summed E-state index contributed by atoms with van der Waals surface area (Å²) in [6, 6.07) is 5.93. The summed E-state index contributed by atoms with van der Waals surface area (Å²) in [4.78, 5) is 28.3. The van der Waals surface area contributed by atoms with Crippen molar-refractivity contribution in [1.82, 2.24) is 19.9 Å². The molecule has 1 fully saturated rings. The van der Waals surface area contributed by atoms with E-state index in [-0.39, 0.29) is 5.91 Å². The summed E-state index contributed by atoms with van der Waals surface area (Å²) in [5, 5.41) is 3.39. The van der Waals surface area contributed by atoms with Crippen LogP contribution in [0.1, 0.15) is 12.6 Å². The molecule has 0 aromatic carbocycles. The molecule has 1 aliphatic rings. The zero-order chi connectivity index (χ0) is 22.2. The van der Waals surface area contributed by atoms with Gasteiger partial charge in [-0.1, -0.05) is 0 Å². The predicted octanol–water partition coefficient (Wildman–Crippen LogP) is 3.42. The summed E-state index contributed by atoms with van der Waals surface area (Å²) >= 11 is 0. The van der Waals surface area contributed by atoms with Crippen LogP contribution in [0.2, 0.25) is 0 Å². The Balaban J connectivity index is 1.82. The first-order valence-corrected chi connectivity index (χ1v) is 9.76. The quantitative estimate of drug-likeness (QED) is 0.687. The fourth-order valence-corrected chi connectivity index (χ4v) is 3.51. The molecule has 1 aliphatic heterocycles. The van der Waals surface area contributed by atoms with Gasteiger partial charge in [-0.15, -0.1) is 0 Å². The molecule has 0 atom stereocenters. The van der Waals surface area contributed by atoms with E-state index in [1.807, 2.05) is 13.1 Å². The normalized spacial score (nSPS) is 15.3. The fraction of sp³-hybridized carbons (Fsp3) is 0.333. The standard InChI is InChI=1S/C21H21F3N6O/c1-13(31)27-19-10-16-15(12-26-19)9-17(30-7-5-29(2)6-8-30)20(28-16)14-3-4-18(25-11-14)21(22,23)24/h3-4,9-12H,5-8H2,1-2H3,(H,26,27,31). The minimum absolute atomic E-state index is 0.256. The van der Waals surface area contributed by atoms with Crippen LogP contribution in [-0.4, -0.2) is 59.0 Å². The molecule has 1 saturated heterocycles. The Labute approximate surface area is 176 Å². The van der Waals surface area contributed by atoms with Gasteiger partial charge in [-0.05, 0) is 25.2 Å². The lowest BCUT2D eigenvalue weighted by molar-refractivity contribution is -0.141. The molecular weight excluding hydrogens is 409 g/mol. The predicted molar refractivity (Wildman–Crippen MR) is 112 cm³/mol. The molecule has 0 spiro atoms. The van der Waals surface area contributed by atoms with Crippen LogP contribution in [0.25, 0.3) is 22.2 Å². The van der Waals surface area contributed by atoms with Crippen LogP contribution < -0.4 is 10.2 Å². The lowest BCUT2D eigenvalue weighted by Gasteiger charge is -2.35. The highest BCUT2D eigenvalue weighted by Gasteiger charge is 2.32. The molecule has 162 valence electrons. The number of nitrogens with one attached hydrogen (secondary N) is 1. The van der Waals surface area contributed by atoms with E-state index < -0.39 is 11.9 Å². The van der Waals surface area contributed by atoms with Crippen LogP contribution in [0.4, 0.5) is 24.7 Å². The number of pyridine rings is 3. The van der Waals surface area contributed by atoms with Crippen molar-refractivity contribution >= 4 is 28.3 Å². The molecule has 3 aromatic rings. The van der Waals surface area contributed by atoms with Gasteiger partial charge in [0.05, 0.1) is 16.9 Å². The number of fused-ring (bicyclic) bond motifs is 1. The number of aromatic nitrogens is 3. The molecule has 7 nitrogen and oxygen atoms in total. The van der Waals surface area contributed by atoms with Crippen LogP contribution in [0.15, 0.2) is 36.7 Å². The SMILES string of the molecule is CC(=O)Nc1cc2nc(-c3ccc(C(F)(F)F)nc3)c(N3CCN(C)CC3)cc2cn1. The Kier molecular flexibility index (Phi) is 5.48. The van der Waals surface area contributed by atoms with Gasteiger partial charge < -0.3 is 15.1 Å². The van der Waals surface area contributed by atoms with E-state index in [4.69, 9.17) is 4.98 Å². The van der Waals surface area contributed by atoms with E-state index in [0.29, 0.717) is 22.6 Å². The van der Waals surface area contributed by atoms with Crippen molar-refractivity contribution in [1.29, 1.82) is 0 Å². The maximum Gasteiger partial charge on any atom is 0.433 e. The van der Waals surface area contributed by atoms with Gasteiger partial charge in [0, 0.05) is 62.5 Å². The van der Waals surface area contributed by atoms with E-state index >= 15 is 0 Å². The maximum absolute atomic E-state index is 13.0. The third-order valence-corrected chi connectivity index (χ3v) is 5.15. The molecule has 1 N–H and O–H groups in total. The average Bonchev–Trinajstić information content (AvgIpc) is 2.72. The lowest BCUT2D eigenvalue weighted by atomic mass is 10.1. The second kappa shape index (κ2) is 8.10. The van der Waals surface area contributed by atoms with Crippen LogP contribution in [0.3, 0.4) is 0 Å². The highest BCUT2D eigenvalue weighted by molar-refractivity contribution is 5.93. The molecule has 0 radical (unpaired) electrons. The molecular formula is C21H21F3N6O. The van der Waals surface area contributed by atoms with E-state index in [2.05, 4.69) is 25.1 Å². The zero-order valence-electron chi connectivity index (χ0n) is 17.1. The number of amides is 1. The van der Waals surface area contributed by atoms with E-state index in [0.717, 1.165) is 43.3 Å². The maximum atomic E-state index is 13.0. The van der Waals surface area contributed by atoms with Crippen molar-refractivity contribution in [2.24, 2.45) is 0 Å². The molecule has 3 aromatic heterocycles. The van der Waals surface area contributed by atoms with Gasteiger partial charge in [-0.3, -0.25) is 9.78 Å². The van der Waals surface area contributed by atoms with E-state index in [1.54, 1.807) is 12.3 Å². The second-order valence-electron chi connectivity index (χ2n) is 7.52. The zero-order valence-corrected chi connectivity index (χ0v) is 17.1. The number of hydrogen-bond acceptors (Lipinski definition) is 6. The Morgan fingerprint density at radius 2 is 1.81 bits per heavy atom. The van der Waals surface area contributed by atoms with Crippen LogP contribution in [0.5, 0.6) is 0 Å². The molecule has 4 heterocycles. The molecule has 1 amide bonds. The first-order chi connectivity index (χ1) is 14.7. The van der Waals surface area contributed by atoms with Gasteiger partial charge in [0.1, 0.15) is 11.5 Å². The van der Waals surface area contributed by atoms with Gasteiger partial charge in [-0.25, -0.2) is 9.97 Å². The van der Waals surface area contributed by atoms with E-state index in [9.17, 15) is 18.0 Å². The van der Waals surface area contributed by atoms with Crippen molar-refractivity contribution in [3.05, 3.63) is 42.4 Å². The summed E-state index contributed by atoms with van der Waals surface area (Å²) in [6.45, 7) is 4.64. The largest absolute Gasteiger partial charge is 0.433 e. The summed E-state index contributed by atoms with van der Waals surface area (Å²) in [5.41, 5.74) is 1.47. The fourth-order valence-electron chi connectivity index (χ4n) is 3.51. The number of alkyl halides is 3. The molecule has 0 bridgehead atoms. The van der Waals surface area contributed by atoms with Gasteiger partial charge >= 0.3 is 6.18 Å². The van der Waals surface area contributed by atoms with Crippen LogP contribution >= 0.6 is 0 Å². The van der Waals surface area contributed by atoms with Crippen LogP contribution in [-0.2, 0) is 11.0 Å². The van der Waals surface area contributed by atoms with Crippen LogP contribution in [0, 0.1) is 0 Å². The number of hydrogen-bond donors (Lipinski definition) is 1. The highest BCUT2D eigenvalue weighted by Crippen LogP contribution is 2.34. The van der Waals surface area contributed by atoms with Crippen molar-refractivity contribution in [2.75, 3.05) is 43.4 Å². The summed E-state index contributed by atoms with van der Waals surface area (Å²) in [6.07, 6.45) is -1.68. The number of likely N-dealkylation sites (N-methyl/N-ethyl adjacent to an activating group) is 1. The summed E-state index contributed by atoms with van der Waals surface area (Å²) in [5.74, 6) is 0.101. The van der Waals surface area contributed by atoms with Crippen molar-refractivity contribution in [3.8, 4) is 11.3 Å². The second-order valence-corrected chi connectivity index (χ2v) is 7.52. The van der Waals surface area contributed by atoms with Gasteiger partial charge in [-0.2, -0.15) is 13.2 Å². The van der Waals surface area contributed by atoms with E-state index in [1.165, 1.54) is 19.2 Å². The molecule has 31 heavy (non-hydrogen) atoms. The number of anilines is 2. The Bertz CT molecular complexity index is 1110. The van der Waals surface area contributed by atoms with Gasteiger partial charge in [0.2, 0.25) is 5.91 Å². The number of carbonyl (C=O) groups excluding carboxylic acids is 1. The third-order valence-electron chi connectivity index (χ3n) is 5.15. The van der Waals surface area contributed by atoms with Crippen molar-refractivity contribution in [3.63, 3.8) is 0 Å². The van der Waals surface area contributed by atoms with Gasteiger partial charge in [0.25, 0.3) is 0 Å². The van der Waals surface area contributed by atoms with Crippen molar-refractivity contribution < 1.29 is 18.0 Å². The topological polar surface area (TPSA) is 74.2 Å². The summed E-state index contributed by atoms with van der Waals surface area (Å²) < 4.78 is 38.9. The number of halogens is 3. The number of rotatable bonds is 3. The minimum atomic E-state index is -4.51. The smallest absolute Gasteiger partial charge is 0.367 e. The molecule has 0 saturated carbocycles. The molecule has 10 heteroatoms. The van der Waals surface area contributed by atoms with Gasteiger partial charge in [0.15, 0.2) is 0 Å². The Morgan fingerprint density at radius 1 is 1.06 bits per heavy atom. The minimum Gasteiger partial charge on any atom is -0.367 e. The average molecular weight is 430 g/mol.